The third-order valence-electron chi connectivity index (χ3n) is 2.86. The van der Waals surface area contributed by atoms with Crippen molar-refractivity contribution < 1.29 is 18.7 Å². The van der Waals surface area contributed by atoms with E-state index < -0.39 is 23.8 Å². The molecule has 0 aliphatic carbocycles. The topological polar surface area (TPSA) is 55.4 Å². The molecule has 0 radical (unpaired) electrons. The molecule has 0 aromatic heterocycles. The van der Waals surface area contributed by atoms with Crippen LogP contribution in [-0.4, -0.2) is 18.0 Å². The molecule has 22 heavy (non-hydrogen) atoms. The molecule has 6 heteroatoms. The molecular weight excluding hydrogens is 309 g/mol. The molecule has 1 atom stereocenters. The normalized spacial score (nSPS) is 11.6. The van der Waals surface area contributed by atoms with Gasteiger partial charge in [0.25, 0.3) is 5.91 Å². The predicted octanol–water partition coefficient (Wildman–Crippen LogP) is 3.66. The van der Waals surface area contributed by atoms with Gasteiger partial charge in [0.1, 0.15) is 5.82 Å². The van der Waals surface area contributed by atoms with Crippen LogP contribution in [0.2, 0.25) is 5.02 Å². The van der Waals surface area contributed by atoms with Crippen molar-refractivity contribution in [3.8, 4) is 0 Å². The van der Waals surface area contributed by atoms with Crippen molar-refractivity contribution in [2.45, 2.75) is 13.0 Å². The Balaban J connectivity index is 1.98. The predicted molar refractivity (Wildman–Crippen MR) is 81.4 cm³/mol. The van der Waals surface area contributed by atoms with Gasteiger partial charge in [-0.05, 0) is 43.3 Å². The number of anilines is 1. The summed E-state index contributed by atoms with van der Waals surface area (Å²) in [4.78, 5) is 23.8. The number of rotatable bonds is 4. The minimum Gasteiger partial charge on any atom is -0.449 e. The van der Waals surface area contributed by atoms with E-state index in [-0.39, 0.29) is 11.3 Å². The number of benzene rings is 2. The number of carbonyl (C=O) groups is 2. The summed E-state index contributed by atoms with van der Waals surface area (Å²) in [5, 5.41) is 2.85. The maximum atomic E-state index is 13.4. The maximum Gasteiger partial charge on any atom is 0.338 e. The van der Waals surface area contributed by atoms with Crippen LogP contribution >= 0.6 is 11.6 Å². The molecule has 0 bridgehead atoms. The summed E-state index contributed by atoms with van der Waals surface area (Å²) in [5.74, 6) is -1.84. The summed E-state index contributed by atoms with van der Waals surface area (Å²) in [7, 11) is 0. The average molecular weight is 322 g/mol. The first-order valence-electron chi connectivity index (χ1n) is 6.49. The Labute approximate surface area is 131 Å². The van der Waals surface area contributed by atoms with Gasteiger partial charge in [0.05, 0.1) is 11.3 Å². The van der Waals surface area contributed by atoms with E-state index in [2.05, 4.69) is 5.32 Å². The largest absolute Gasteiger partial charge is 0.449 e. The van der Waals surface area contributed by atoms with Gasteiger partial charge in [-0.2, -0.15) is 0 Å². The van der Waals surface area contributed by atoms with Crippen molar-refractivity contribution in [3.63, 3.8) is 0 Å². The summed E-state index contributed by atoms with van der Waals surface area (Å²) >= 11 is 5.73. The highest BCUT2D eigenvalue weighted by Crippen LogP contribution is 2.14. The van der Waals surface area contributed by atoms with Crippen LogP contribution in [-0.2, 0) is 9.53 Å². The molecule has 0 spiro atoms. The van der Waals surface area contributed by atoms with Crippen LogP contribution in [0, 0.1) is 5.82 Å². The maximum absolute atomic E-state index is 13.4. The number of para-hydroxylation sites is 1. The molecule has 1 N–H and O–H groups in total. The van der Waals surface area contributed by atoms with Crippen molar-refractivity contribution in [1.82, 2.24) is 0 Å². The smallest absolute Gasteiger partial charge is 0.338 e. The van der Waals surface area contributed by atoms with Crippen LogP contribution in [0.3, 0.4) is 0 Å². The van der Waals surface area contributed by atoms with Gasteiger partial charge in [-0.15, -0.1) is 0 Å². The number of ether oxygens (including phenoxy) is 1. The van der Waals surface area contributed by atoms with Crippen molar-refractivity contribution in [2.24, 2.45) is 0 Å². The highest BCUT2D eigenvalue weighted by Gasteiger charge is 2.19. The van der Waals surface area contributed by atoms with Gasteiger partial charge in [-0.3, -0.25) is 4.79 Å². The molecule has 0 saturated heterocycles. The van der Waals surface area contributed by atoms with Crippen LogP contribution in [0.25, 0.3) is 0 Å². The first-order valence-corrected chi connectivity index (χ1v) is 6.87. The molecule has 0 aliphatic heterocycles. The van der Waals surface area contributed by atoms with Gasteiger partial charge in [0, 0.05) is 5.02 Å². The second-order valence-electron chi connectivity index (χ2n) is 4.52. The minimum absolute atomic E-state index is 0.0295. The number of esters is 1. The van der Waals surface area contributed by atoms with Gasteiger partial charge in [0.15, 0.2) is 6.10 Å². The van der Waals surface area contributed by atoms with Crippen LogP contribution in [0.15, 0.2) is 48.5 Å². The first-order chi connectivity index (χ1) is 10.5. The standard InChI is InChI=1S/C16H13ClFNO3/c1-10(15(20)19-14-5-3-2-4-13(14)18)22-16(21)11-6-8-12(17)9-7-11/h2-10H,1H3,(H,19,20)/t10-/m1/s1. The van der Waals surface area contributed by atoms with E-state index in [0.717, 1.165) is 0 Å². The lowest BCUT2D eigenvalue weighted by Crippen LogP contribution is -2.30. The van der Waals surface area contributed by atoms with E-state index in [9.17, 15) is 14.0 Å². The molecule has 1 amide bonds. The van der Waals surface area contributed by atoms with Gasteiger partial charge >= 0.3 is 5.97 Å². The van der Waals surface area contributed by atoms with Crippen molar-refractivity contribution >= 4 is 29.2 Å². The molecule has 2 aromatic carbocycles. The highest BCUT2D eigenvalue weighted by atomic mass is 35.5. The van der Waals surface area contributed by atoms with Crippen molar-refractivity contribution in [3.05, 3.63) is 64.9 Å². The van der Waals surface area contributed by atoms with Crippen LogP contribution < -0.4 is 5.32 Å². The lowest BCUT2D eigenvalue weighted by Gasteiger charge is -2.14. The van der Waals surface area contributed by atoms with Gasteiger partial charge in [-0.1, -0.05) is 23.7 Å². The van der Waals surface area contributed by atoms with E-state index in [1.807, 2.05) is 0 Å². The van der Waals surface area contributed by atoms with E-state index in [0.29, 0.717) is 5.02 Å². The Bertz CT molecular complexity index is 688. The molecule has 4 nitrogen and oxygen atoms in total. The van der Waals surface area contributed by atoms with Crippen LogP contribution in [0.5, 0.6) is 0 Å². The van der Waals surface area contributed by atoms with Gasteiger partial charge in [0.2, 0.25) is 0 Å². The molecule has 114 valence electrons. The van der Waals surface area contributed by atoms with E-state index in [1.54, 1.807) is 18.2 Å². The molecule has 2 aromatic rings. The van der Waals surface area contributed by atoms with E-state index in [4.69, 9.17) is 16.3 Å². The molecule has 0 unspecified atom stereocenters. The van der Waals surface area contributed by atoms with Crippen LogP contribution in [0.1, 0.15) is 17.3 Å². The molecule has 0 saturated carbocycles. The summed E-state index contributed by atoms with van der Waals surface area (Å²) in [6.07, 6.45) is -1.07. The molecular formula is C16H13ClFNO3. The van der Waals surface area contributed by atoms with Crippen molar-refractivity contribution in [1.29, 1.82) is 0 Å². The Morgan fingerprint density at radius 1 is 1.14 bits per heavy atom. The lowest BCUT2D eigenvalue weighted by molar-refractivity contribution is -0.123. The Hall–Kier alpha value is -2.40. The summed E-state index contributed by atoms with van der Waals surface area (Å²) < 4.78 is 18.5. The van der Waals surface area contributed by atoms with Crippen LogP contribution in [0.4, 0.5) is 10.1 Å². The summed E-state index contributed by atoms with van der Waals surface area (Å²) in [6.45, 7) is 1.41. The Morgan fingerprint density at radius 2 is 1.77 bits per heavy atom. The second kappa shape index (κ2) is 7.04. The number of amides is 1. The fraction of sp³-hybridized carbons (Fsp3) is 0.125. The van der Waals surface area contributed by atoms with E-state index >= 15 is 0 Å². The van der Waals surface area contributed by atoms with Gasteiger partial charge < -0.3 is 10.1 Å². The third kappa shape index (κ3) is 4.05. The number of carbonyl (C=O) groups excluding carboxylic acids is 2. The third-order valence-corrected chi connectivity index (χ3v) is 3.12. The first kappa shape index (κ1) is 16.0. The number of halogens is 2. The molecule has 0 heterocycles. The quantitative estimate of drug-likeness (QED) is 0.874. The lowest BCUT2D eigenvalue weighted by atomic mass is 10.2. The zero-order valence-electron chi connectivity index (χ0n) is 11.7. The zero-order valence-corrected chi connectivity index (χ0v) is 12.4. The molecule has 2 rings (SSSR count). The Kier molecular flexibility index (Phi) is 5.12. The number of hydrogen-bond donors (Lipinski definition) is 1. The summed E-state index contributed by atoms with van der Waals surface area (Å²) in [6, 6.07) is 11.8. The fourth-order valence-corrected chi connectivity index (χ4v) is 1.79. The second-order valence-corrected chi connectivity index (χ2v) is 4.96. The Morgan fingerprint density at radius 3 is 2.41 bits per heavy atom. The van der Waals surface area contributed by atoms with Crippen molar-refractivity contribution in [2.75, 3.05) is 5.32 Å². The van der Waals surface area contributed by atoms with E-state index in [1.165, 1.54) is 37.3 Å². The molecule has 0 fully saturated rings. The number of nitrogens with one attached hydrogen (secondary N) is 1. The monoisotopic (exact) mass is 321 g/mol. The SMILES string of the molecule is C[C@@H](OC(=O)c1ccc(Cl)cc1)C(=O)Nc1ccccc1F. The molecule has 0 aliphatic rings. The summed E-state index contributed by atoms with van der Waals surface area (Å²) in [5.41, 5.74) is 0.303. The zero-order chi connectivity index (χ0) is 16.1. The fourth-order valence-electron chi connectivity index (χ4n) is 1.67. The highest BCUT2D eigenvalue weighted by molar-refractivity contribution is 6.30. The number of hydrogen-bond acceptors (Lipinski definition) is 3. The minimum atomic E-state index is -1.07. The average Bonchev–Trinajstić information content (AvgIpc) is 2.50. The van der Waals surface area contributed by atoms with Gasteiger partial charge in [-0.25, -0.2) is 9.18 Å².